The predicted octanol–water partition coefficient (Wildman–Crippen LogP) is 1.19. The molecule has 178 valence electrons. The molecule has 1 aromatic heterocycles. The summed E-state index contributed by atoms with van der Waals surface area (Å²) in [5.41, 5.74) is 9.52. The monoisotopic (exact) mass is 466 g/mol. The maximum Gasteiger partial charge on any atom is 0.255 e. The van der Waals surface area contributed by atoms with Crippen molar-refractivity contribution in [3.8, 4) is 0 Å². The Bertz CT molecular complexity index is 1180. The zero-order valence-corrected chi connectivity index (χ0v) is 19.0. The van der Waals surface area contributed by atoms with Gasteiger partial charge in [-0.25, -0.2) is 9.37 Å². The lowest BCUT2D eigenvalue weighted by Gasteiger charge is -2.36. The molecule has 3 aliphatic heterocycles. The van der Waals surface area contributed by atoms with Crippen LogP contribution in [0.15, 0.2) is 24.4 Å². The van der Waals surface area contributed by atoms with E-state index in [9.17, 15) is 14.4 Å². The van der Waals surface area contributed by atoms with Gasteiger partial charge in [0.1, 0.15) is 17.7 Å². The van der Waals surface area contributed by atoms with Crippen molar-refractivity contribution in [2.75, 3.05) is 36.8 Å². The number of piperazine rings is 1. The van der Waals surface area contributed by atoms with Crippen LogP contribution in [0.5, 0.6) is 0 Å². The van der Waals surface area contributed by atoms with Crippen LogP contribution in [0.3, 0.4) is 0 Å². The minimum atomic E-state index is -0.712. The quantitative estimate of drug-likeness (QED) is 0.651. The number of carbonyl (C=O) groups is 3. The third-order valence-electron chi connectivity index (χ3n) is 6.84. The number of rotatable bonds is 4. The van der Waals surface area contributed by atoms with Crippen LogP contribution in [0.2, 0.25) is 0 Å². The second-order valence-electron chi connectivity index (χ2n) is 9.18. The number of imide groups is 1. The van der Waals surface area contributed by atoms with Gasteiger partial charge in [-0.1, -0.05) is 0 Å². The van der Waals surface area contributed by atoms with Gasteiger partial charge in [0.2, 0.25) is 11.8 Å². The molecular weight excluding hydrogens is 439 g/mol. The van der Waals surface area contributed by atoms with E-state index >= 15 is 4.39 Å². The predicted molar refractivity (Wildman–Crippen MR) is 123 cm³/mol. The number of carbonyl (C=O) groups excluding carboxylic acids is 3. The van der Waals surface area contributed by atoms with Crippen molar-refractivity contribution in [2.45, 2.75) is 38.9 Å². The number of nitrogen functional groups attached to an aromatic ring is 1. The van der Waals surface area contributed by atoms with E-state index in [1.165, 1.54) is 11.0 Å². The lowest BCUT2D eigenvalue weighted by Crippen LogP contribution is -2.52. The van der Waals surface area contributed by atoms with E-state index in [0.717, 1.165) is 24.2 Å². The summed E-state index contributed by atoms with van der Waals surface area (Å²) in [4.78, 5) is 46.5. The first-order valence-electron chi connectivity index (χ1n) is 11.5. The number of anilines is 2. The zero-order valence-electron chi connectivity index (χ0n) is 19.0. The van der Waals surface area contributed by atoms with E-state index in [0.29, 0.717) is 36.7 Å². The molecule has 0 bridgehead atoms. The van der Waals surface area contributed by atoms with Crippen molar-refractivity contribution in [1.29, 1.82) is 0 Å². The molecule has 9 nitrogen and oxygen atoms in total. The highest BCUT2D eigenvalue weighted by atomic mass is 19.1. The Morgan fingerprint density at radius 2 is 1.91 bits per heavy atom. The van der Waals surface area contributed by atoms with Crippen LogP contribution < -0.4 is 16.0 Å². The van der Waals surface area contributed by atoms with Gasteiger partial charge < -0.3 is 15.5 Å². The minimum Gasteiger partial charge on any atom is -0.383 e. The van der Waals surface area contributed by atoms with Gasteiger partial charge in [0.05, 0.1) is 5.69 Å². The second kappa shape index (κ2) is 8.68. The molecule has 0 aliphatic carbocycles. The third-order valence-corrected chi connectivity index (χ3v) is 6.84. The molecule has 34 heavy (non-hydrogen) atoms. The fourth-order valence-electron chi connectivity index (χ4n) is 4.97. The summed E-state index contributed by atoms with van der Waals surface area (Å²) in [7, 11) is 0. The largest absolute Gasteiger partial charge is 0.383 e. The Morgan fingerprint density at radius 1 is 1.15 bits per heavy atom. The number of pyridine rings is 1. The van der Waals surface area contributed by atoms with Gasteiger partial charge in [-0.3, -0.25) is 24.6 Å². The number of piperidine rings is 1. The number of amides is 3. The number of benzene rings is 1. The Labute approximate surface area is 196 Å². The lowest BCUT2D eigenvalue weighted by atomic mass is 10.0. The maximum absolute atomic E-state index is 15.1. The van der Waals surface area contributed by atoms with Gasteiger partial charge >= 0.3 is 0 Å². The molecule has 1 aromatic carbocycles. The van der Waals surface area contributed by atoms with Gasteiger partial charge in [0, 0.05) is 63.0 Å². The van der Waals surface area contributed by atoms with Crippen LogP contribution in [-0.4, -0.2) is 64.7 Å². The molecule has 0 spiro atoms. The Morgan fingerprint density at radius 3 is 2.65 bits per heavy atom. The molecule has 10 heteroatoms. The van der Waals surface area contributed by atoms with E-state index in [1.807, 2.05) is 17.9 Å². The number of hydrogen-bond donors (Lipinski definition) is 2. The van der Waals surface area contributed by atoms with Gasteiger partial charge in [-0.15, -0.1) is 0 Å². The Kier molecular flexibility index (Phi) is 5.68. The second-order valence-corrected chi connectivity index (χ2v) is 9.18. The summed E-state index contributed by atoms with van der Waals surface area (Å²) < 4.78 is 15.1. The molecule has 0 saturated carbocycles. The van der Waals surface area contributed by atoms with Gasteiger partial charge in [-0.2, -0.15) is 0 Å². The van der Waals surface area contributed by atoms with Crippen LogP contribution in [0.25, 0.3) is 0 Å². The minimum absolute atomic E-state index is 0.185. The van der Waals surface area contributed by atoms with E-state index in [-0.39, 0.29) is 36.8 Å². The van der Waals surface area contributed by atoms with Crippen LogP contribution in [0, 0.1) is 12.7 Å². The van der Waals surface area contributed by atoms with E-state index < -0.39 is 17.8 Å². The molecule has 2 aromatic rings. The van der Waals surface area contributed by atoms with Gasteiger partial charge in [0.15, 0.2) is 0 Å². The molecular formula is C24H27FN6O3. The van der Waals surface area contributed by atoms with Crippen molar-refractivity contribution in [1.82, 2.24) is 20.1 Å². The van der Waals surface area contributed by atoms with Crippen molar-refractivity contribution in [3.05, 3.63) is 52.5 Å². The smallest absolute Gasteiger partial charge is 0.255 e. The summed E-state index contributed by atoms with van der Waals surface area (Å²) in [6.07, 6.45) is 2.22. The van der Waals surface area contributed by atoms with E-state index in [1.54, 1.807) is 12.3 Å². The van der Waals surface area contributed by atoms with Crippen molar-refractivity contribution >= 4 is 29.2 Å². The number of halogens is 1. The van der Waals surface area contributed by atoms with E-state index in [2.05, 4.69) is 15.2 Å². The summed E-state index contributed by atoms with van der Waals surface area (Å²) in [6, 6.07) is 4.34. The summed E-state index contributed by atoms with van der Waals surface area (Å²) in [6.45, 7) is 5.66. The molecule has 2 fully saturated rings. The molecule has 3 N–H and O–H groups in total. The first-order valence-corrected chi connectivity index (χ1v) is 11.5. The fourth-order valence-corrected chi connectivity index (χ4v) is 4.97. The molecule has 0 radical (unpaired) electrons. The molecule has 4 heterocycles. The fraction of sp³-hybridized carbons (Fsp3) is 0.417. The first-order chi connectivity index (χ1) is 16.3. The lowest BCUT2D eigenvalue weighted by molar-refractivity contribution is -0.136. The highest BCUT2D eigenvalue weighted by Crippen LogP contribution is 2.33. The first kappa shape index (κ1) is 22.3. The number of nitrogens with two attached hydrogens (primary N) is 1. The molecule has 5 rings (SSSR count). The summed E-state index contributed by atoms with van der Waals surface area (Å²) in [5, 5.41) is 2.29. The van der Waals surface area contributed by atoms with E-state index in [4.69, 9.17) is 5.73 Å². The average molecular weight is 467 g/mol. The highest BCUT2D eigenvalue weighted by Gasteiger charge is 2.40. The molecule has 1 atom stereocenters. The normalized spacial score (nSPS) is 21.1. The highest BCUT2D eigenvalue weighted by molar-refractivity contribution is 6.05. The van der Waals surface area contributed by atoms with Crippen LogP contribution in [0.1, 0.15) is 39.9 Å². The summed E-state index contributed by atoms with van der Waals surface area (Å²) in [5.74, 6) is -1.09. The van der Waals surface area contributed by atoms with Crippen LogP contribution >= 0.6 is 0 Å². The zero-order chi connectivity index (χ0) is 24.0. The topological polar surface area (TPSA) is 112 Å². The van der Waals surface area contributed by atoms with Gasteiger partial charge in [0.25, 0.3) is 5.91 Å². The molecule has 2 saturated heterocycles. The average Bonchev–Trinajstić information content (AvgIpc) is 3.11. The molecule has 1 unspecified atom stereocenters. The Balaban J connectivity index is 1.27. The maximum atomic E-state index is 15.1. The van der Waals surface area contributed by atoms with Gasteiger partial charge in [-0.05, 0) is 42.7 Å². The standard InChI is InChI=1S/C24H27FN6O3/c1-14-8-16(22(26)27-11-14)12-29-4-6-30(7-5-29)20-9-15-13-31(24(34)17(15)10-18(20)25)19-2-3-21(32)28-23(19)33/h8-11,19H,2-7,12-13H2,1H3,(H2,26,27)(H,28,32,33). The number of nitrogens with one attached hydrogen (secondary N) is 1. The number of nitrogens with zero attached hydrogens (tertiary/aromatic N) is 4. The molecule has 3 amide bonds. The number of fused-ring (bicyclic) bond motifs is 1. The third kappa shape index (κ3) is 4.09. The number of hydrogen-bond acceptors (Lipinski definition) is 7. The van der Waals surface area contributed by atoms with Crippen molar-refractivity contribution in [3.63, 3.8) is 0 Å². The van der Waals surface area contributed by atoms with Crippen LogP contribution in [-0.2, 0) is 22.7 Å². The Hall–Kier alpha value is -3.53. The van der Waals surface area contributed by atoms with Crippen molar-refractivity contribution < 1.29 is 18.8 Å². The molecule has 3 aliphatic rings. The number of aryl methyl sites for hydroxylation is 1. The SMILES string of the molecule is Cc1cnc(N)c(CN2CCN(c3cc4c(cc3F)C(=O)N(C3CCC(=O)NC3=O)C4)CC2)c1. The van der Waals surface area contributed by atoms with Crippen molar-refractivity contribution in [2.24, 2.45) is 0 Å². The van der Waals surface area contributed by atoms with Crippen LogP contribution in [0.4, 0.5) is 15.9 Å². The number of aromatic nitrogens is 1. The summed E-state index contributed by atoms with van der Waals surface area (Å²) >= 11 is 0.